The van der Waals surface area contributed by atoms with E-state index in [1.165, 1.54) is 14.0 Å². The summed E-state index contributed by atoms with van der Waals surface area (Å²) in [6.45, 7) is 1.82. The lowest BCUT2D eigenvalue weighted by atomic mass is 10.1. The summed E-state index contributed by atoms with van der Waals surface area (Å²) < 4.78 is 17.2. The third-order valence-electron chi connectivity index (χ3n) is 5.55. The normalized spacial score (nSPS) is 15.5. The van der Waals surface area contributed by atoms with Crippen LogP contribution in [0.15, 0.2) is 59.5 Å². The quantitative estimate of drug-likeness (QED) is 0.197. The molecule has 0 unspecified atom stereocenters. The van der Waals surface area contributed by atoms with Gasteiger partial charge in [0.1, 0.15) is 12.6 Å². The molecule has 3 aromatic rings. The number of carbonyl (C=O) groups is 3. The second-order valence-electron chi connectivity index (χ2n) is 7.71. The van der Waals surface area contributed by atoms with Gasteiger partial charge in [0.15, 0.2) is 11.5 Å². The molecule has 0 aliphatic carbocycles. The Kier molecular flexibility index (Phi) is 7.66. The molecule has 1 fully saturated rings. The molecular weight excluding hydrogens is 581 g/mol. The lowest BCUT2D eigenvalue weighted by molar-refractivity contribution is -0.148. The van der Waals surface area contributed by atoms with E-state index in [9.17, 15) is 14.4 Å². The van der Waals surface area contributed by atoms with Crippen LogP contribution in [0.2, 0.25) is 0 Å². The predicted molar refractivity (Wildman–Crippen MR) is 143 cm³/mol. The number of imide groups is 1. The predicted octanol–water partition coefficient (Wildman–Crippen LogP) is 5.63. The molecule has 0 spiro atoms. The molecule has 3 aromatic carbocycles. The number of thioether (sulfide) groups is 1. The number of amides is 2. The topological polar surface area (TPSA) is 82.1 Å². The van der Waals surface area contributed by atoms with Gasteiger partial charge in [-0.15, -0.1) is 0 Å². The van der Waals surface area contributed by atoms with Crippen molar-refractivity contribution < 1.29 is 28.6 Å². The number of carbonyl (C=O) groups excluding carboxylic acids is 3. The molecular formula is C26H22INO6S. The first-order valence-corrected chi connectivity index (χ1v) is 12.6. The average Bonchev–Trinajstić information content (AvgIpc) is 3.14. The number of hydrogen-bond acceptors (Lipinski definition) is 7. The fourth-order valence-corrected chi connectivity index (χ4v) is 5.46. The highest BCUT2D eigenvalue weighted by atomic mass is 127. The average molecular weight is 603 g/mol. The van der Waals surface area contributed by atoms with Crippen molar-refractivity contribution in [1.82, 2.24) is 4.90 Å². The fourth-order valence-electron chi connectivity index (χ4n) is 3.77. The zero-order valence-electron chi connectivity index (χ0n) is 19.2. The van der Waals surface area contributed by atoms with Gasteiger partial charge in [0.2, 0.25) is 0 Å². The molecule has 7 nitrogen and oxygen atoms in total. The van der Waals surface area contributed by atoms with Crippen molar-refractivity contribution in [2.75, 3.05) is 14.2 Å². The van der Waals surface area contributed by atoms with Gasteiger partial charge in [0, 0.05) is 0 Å². The van der Waals surface area contributed by atoms with Crippen LogP contribution in [0.25, 0.3) is 16.8 Å². The maximum Gasteiger partial charge on any atom is 0.328 e. The van der Waals surface area contributed by atoms with E-state index in [1.807, 2.05) is 30.3 Å². The number of ether oxygens (including phenoxy) is 3. The molecule has 0 aromatic heterocycles. The van der Waals surface area contributed by atoms with Crippen molar-refractivity contribution in [3.05, 3.63) is 74.2 Å². The van der Waals surface area contributed by atoms with Crippen molar-refractivity contribution in [3.8, 4) is 11.5 Å². The Morgan fingerprint density at radius 2 is 1.86 bits per heavy atom. The molecule has 9 heteroatoms. The number of rotatable bonds is 7. The summed E-state index contributed by atoms with van der Waals surface area (Å²) in [6, 6.07) is 16.8. The standard InChI is InChI=1S/C26H22INO6S/c1-15(25(30)33-3)28-24(29)22(35-26(28)31)13-16-11-20(27)23(21(12-16)32-2)34-14-18-9-6-8-17-7-4-5-10-19(17)18/h4-13,15H,14H2,1-3H3/b22-13+/t15-/m1/s1. The number of fused-ring (bicyclic) bond motifs is 1. The molecule has 0 N–H and O–H groups in total. The van der Waals surface area contributed by atoms with E-state index >= 15 is 0 Å². The largest absolute Gasteiger partial charge is 0.493 e. The molecule has 1 saturated heterocycles. The van der Waals surface area contributed by atoms with Crippen LogP contribution in [0.3, 0.4) is 0 Å². The van der Waals surface area contributed by atoms with Gasteiger partial charge in [-0.05, 0) is 81.4 Å². The van der Waals surface area contributed by atoms with Crippen molar-refractivity contribution >= 4 is 68.3 Å². The van der Waals surface area contributed by atoms with Gasteiger partial charge < -0.3 is 14.2 Å². The van der Waals surface area contributed by atoms with Gasteiger partial charge in [-0.2, -0.15) is 0 Å². The van der Waals surface area contributed by atoms with Crippen LogP contribution >= 0.6 is 34.4 Å². The molecule has 2 amide bonds. The van der Waals surface area contributed by atoms with Gasteiger partial charge in [0.25, 0.3) is 11.1 Å². The van der Waals surface area contributed by atoms with E-state index in [1.54, 1.807) is 19.3 Å². The zero-order valence-corrected chi connectivity index (χ0v) is 22.2. The molecule has 4 rings (SSSR count). The van der Waals surface area contributed by atoms with E-state index in [2.05, 4.69) is 45.5 Å². The number of benzene rings is 3. The van der Waals surface area contributed by atoms with Crippen LogP contribution in [0.5, 0.6) is 11.5 Å². The Bertz CT molecular complexity index is 1350. The first-order valence-electron chi connectivity index (χ1n) is 10.7. The number of methoxy groups -OCH3 is 2. The zero-order chi connectivity index (χ0) is 25.1. The number of nitrogens with zero attached hydrogens (tertiary/aromatic N) is 1. The van der Waals surface area contributed by atoms with Gasteiger partial charge in [-0.1, -0.05) is 42.5 Å². The fraction of sp³-hybridized carbons (Fsp3) is 0.192. The minimum absolute atomic E-state index is 0.216. The Hall–Kier alpha value is -3.05. The van der Waals surface area contributed by atoms with Gasteiger partial charge >= 0.3 is 5.97 Å². The summed E-state index contributed by atoms with van der Waals surface area (Å²) in [5.74, 6) is -0.100. The van der Waals surface area contributed by atoms with Crippen LogP contribution < -0.4 is 9.47 Å². The highest BCUT2D eigenvalue weighted by Gasteiger charge is 2.41. The second kappa shape index (κ2) is 10.7. The van der Waals surface area contributed by atoms with E-state index in [0.29, 0.717) is 23.7 Å². The van der Waals surface area contributed by atoms with Gasteiger partial charge in [-0.3, -0.25) is 14.5 Å². The van der Waals surface area contributed by atoms with Crippen LogP contribution in [0, 0.1) is 3.57 Å². The van der Waals surface area contributed by atoms with Crippen molar-refractivity contribution in [1.29, 1.82) is 0 Å². The Morgan fingerprint density at radius 1 is 1.11 bits per heavy atom. The third kappa shape index (κ3) is 5.15. The Morgan fingerprint density at radius 3 is 2.60 bits per heavy atom. The highest BCUT2D eigenvalue weighted by Crippen LogP contribution is 2.38. The van der Waals surface area contributed by atoms with E-state index in [4.69, 9.17) is 9.47 Å². The molecule has 0 radical (unpaired) electrons. The first-order chi connectivity index (χ1) is 16.8. The van der Waals surface area contributed by atoms with Crippen LogP contribution in [0.1, 0.15) is 18.1 Å². The maximum absolute atomic E-state index is 12.8. The van der Waals surface area contributed by atoms with Crippen molar-refractivity contribution in [2.45, 2.75) is 19.6 Å². The van der Waals surface area contributed by atoms with Crippen LogP contribution in [-0.2, 0) is 20.9 Å². The lowest BCUT2D eigenvalue weighted by Gasteiger charge is -2.18. The first kappa shape index (κ1) is 25.1. The monoisotopic (exact) mass is 603 g/mol. The Labute approximate surface area is 220 Å². The van der Waals surface area contributed by atoms with Crippen molar-refractivity contribution in [3.63, 3.8) is 0 Å². The summed E-state index contributed by atoms with van der Waals surface area (Å²) in [4.78, 5) is 38.1. The number of halogens is 1. The molecule has 1 atom stereocenters. The molecule has 1 aliphatic rings. The van der Waals surface area contributed by atoms with E-state index in [0.717, 1.165) is 36.6 Å². The third-order valence-corrected chi connectivity index (χ3v) is 7.24. The van der Waals surface area contributed by atoms with Gasteiger partial charge in [0.05, 0.1) is 22.7 Å². The molecule has 0 bridgehead atoms. The SMILES string of the molecule is COC(=O)[C@@H](C)N1C(=O)S/C(=C/c2cc(I)c(OCc3cccc4ccccc34)c(OC)c2)C1=O. The van der Waals surface area contributed by atoms with Crippen molar-refractivity contribution in [2.24, 2.45) is 0 Å². The second-order valence-corrected chi connectivity index (χ2v) is 9.87. The molecule has 180 valence electrons. The number of esters is 1. The summed E-state index contributed by atoms with van der Waals surface area (Å²) in [6.07, 6.45) is 1.61. The van der Waals surface area contributed by atoms with Crippen LogP contribution in [0.4, 0.5) is 4.79 Å². The maximum atomic E-state index is 12.8. The Balaban J connectivity index is 1.58. The molecule has 1 aliphatic heterocycles. The molecule has 35 heavy (non-hydrogen) atoms. The number of hydrogen-bond donors (Lipinski definition) is 0. The molecule has 1 heterocycles. The van der Waals surface area contributed by atoms with E-state index in [-0.39, 0.29) is 4.91 Å². The minimum atomic E-state index is -1.00. The molecule has 0 saturated carbocycles. The summed E-state index contributed by atoms with van der Waals surface area (Å²) in [5.41, 5.74) is 1.72. The van der Waals surface area contributed by atoms with Crippen LogP contribution in [-0.4, -0.2) is 42.3 Å². The minimum Gasteiger partial charge on any atom is -0.493 e. The summed E-state index contributed by atoms with van der Waals surface area (Å²) in [7, 11) is 2.76. The summed E-state index contributed by atoms with van der Waals surface area (Å²) in [5, 5.41) is 1.74. The highest BCUT2D eigenvalue weighted by molar-refractivity contribution is 14.1. The summed E-state index contributed by atoms with van der Waals surface area (Å²) >= 11 is 2.94. The smallest absolute Gasteiger partial charge is 0.328 e. The lowest BCUT2D eigenvalue weighted by Crippen LogP contribution is -2.42. The van der Waals surface area contributed by atoms with E-state index < -0.39 is 23.2 Å². The van der Waals surface area contributed by atoms with Gasteiger partial charge in [-0.25, -0.2) is 4.79 Å².